The minimum absolute atomic E-state index is 0.178. The van der Waals surface area contributed by atoms with E-state index < -0.39 is 0 Å². The van der Waals surface area contributed by atoms with E-state index in [9.17, 15) is 4.79 Å². The normalized spacial score (nSPS) is 21.7. The molecule has 2 unspecified atom stereocenters. The molecule has 0 bridgehead atoms. The summed E-state index contributed by atoms with van der Waals surface area (Å²) < 4.78 is 0. The van der Waals surface area contributed by atoms with Crippen molar-refractivity contribution in [1.29, 1.82) is 0 Å². The predicted molar refractivity (Wildman–Crippen MR) is 108 cm³/mol. The van der Waals surface area contributed by atoms with E-state index in [1.807, 2.05) is 11.8 Å². The van der Waals surface area contributed by atoms with Crippen molar-refractivity contribution < 1.29 is 4.79 Å². The van der Waals surface area contributed by atoms with Crippen molar-refractivity contribution in [2.75, 3.05) is 11.4 Å². The van der Waals surface area contributed by atoms with E-state index in [1.54, 1.807) is 0 Å². The van der Waals surface area contributed by atoms with Crippen LogP contribution < -0.4 is 10.2 Å². The van der Waals surface area contributed by atoms with Gasteiger partial charge in [0.2, 0.25) is 5.91 Å². The predicted octanol–water partition coefficient (Wildman–Crippen LogP) is 5.37. The van der Waals surface area contributed by atoms with Gasteiger partial charge in [0.1, 0.15) is 0 Å². The Labute approximate surface area is 160 Å². The van der Waals surface area contributed by atoms with Gasteiger partial charge in [-0.15, -0.1) is 0 Å². The molecule has 1 heterocycles. The van der Waals surface area contributed by atoms with E-state index >= 15 is 0 Å². The van der Waals surface area contributed by atoms with Gasteiger partial charge in [0.25, 0.3) is 0 Å². The van der Waals surface area contributed by atoms with Crippen LogP contribution in [0.25, 0.3) is 0 Å². The standard InChI is InChI=1S/C22H26N2OS/c1-16-8-2-3-9-17(16)23-22(25)14-15-24-18-10-4-6-12-20(18)26-21-13-7-5-11-19(21)24/h4-7,10-13,16-17H,2-3,8-9,14-15H2,1H3,(H,23,25). The first kappa shape index (κ1) is 17.5. The molecule has 26 heavy (non-hydrogen) atoms. The highest BCUT2D eigenvalue weighted by Crippen LogP contribution is 2.47. The Morgan fingerprint density at radius 2 is 1.65 bits per heavy atom. The molecule has 2 aromatic rings. The number of nitrogens with one attached hydrogen (secondary N) is 1. The summed E-state index contributed by atoms with van der Waals surface area (Å²) in [4.78, 5) is 17.4. The van der Waals surface area contributed by atoms with Gasteiger partial charge in [0.15, 0.2) is 0 Å². The third kappa shape index (κ3) is 3.61. The first-order chi connectivity index (χ1) is 12.7. The summed E-state index contributed by atoms with van der Waals surface area (Å²) in [5, 5.41) is 3.29. The zero-order valence-corrected chi connectivity index (χ0v) is 16.1. The summed E-state index contributed by atoms with van der Waals surface area (Å²) in [6.07, 6.45) is 5.41. The maximum absolute atomic E-state index is 12.6. The maximum Gasteiger partial charge on any atom is 0.222 e. The first-order valence-corrected chi connectivity index (χ1v) is 10.5. The van der Waals surface area contributed by atoms with Crippen molar-refractivity contribution >= 4 is 29.0 Å². The van der Waals surface area contributed by atoms with E-state index in [4.69, 9.17) is 0 Å². The third-order valence-electron chi connectivity index (χ3n) is 5.55. The van der Waals surface area contributed by atoms with Gasteiger partial charge in [0.05, 0.1) is 11.4 Å². The second-order valence-electron chi connectivity index (χ2n) is 7.37. The topological polar surface area (TPSA) is 32.3 Å². The molecule has 1 aliphatic carbocycles. The first-order valence-electron chi connectivity index (χ1n) is 9.65. The molecule has 0 spiro atoms. The van der Waals surface area contributed by atoms with Gasteiger partial charge in [-0.2, -0.15) is 0 Å². The molecule has 136 valence electrons. The minimum Gasteiger partial charge on any atom is -0.353 e. The summed E-state index contributed by atoms with van der Waals surface area (Å²) >= 11 is 1.81. The Bertz CT molecular complexity index is 746. The Kier molecular flexibility index (Phi) is 5.21. The van der Waals surface area contributed by atoms with E-state index in [0.717, 1.165) is 6.42 Å². The molecule has 0 aromatic heterocycles. The van der Waals surface area contributed by atoms with Gasteiger partial charge in [-0.25, -0.2) is 0 Å². The minimum atomic E-state index is 0.178. The fourth-order valence-electron chi connectivity index (χ4n) is 4.05. The third-order valence-corrected chi connectivity index (χ3v) is 6.68. The van der Waals surface area contributed by atoms with E-state index in [-0.39, 0.29) is 5.91 Å². The van der Waals surface area contributed by atoms with Crippen molar-refractivity contribution in [1.82, 2.24) is 5.32 Å². The van der Waals surface area contributed by atoms with Crippen molar-refractivity contribution in [3.8, 4) is 0 Å². The molecule has 0 radical (unpaired) electrons. The van der Waals surface area contributed by atoms with E-state index in [2.05, 4.69) is 65.7 Å². The number of carbonyl (C=O) groups excluding carboxylic acids is 1. The Hall–Kier alpha value is -1.94. The number of fused-ring (bicyclic) bond motifs is 2. The molecule has 1 saturated carbocycles. The molecule has 2 aliphatic rings. The lowest BCUT2D eigenvalue weighted by Crippen LogP contribution is -2.42. The smallest absolute Gasteiger partial charge is 0.222 e. The van der Waals surface area contributed by atoms with E-state index in [0.29, 0.717) is 24.9 Å². The van der Waals surface area contributed by atoms with Crippen molar-refractivity contribution in [2.24, 2.45) is 5.92 Å². The van der Waals surface area contributed by atoms with Crippen LogP contribution >= 0.6 is 11.8 Å². The lowest BCUT2D eigenvalue weighted by Gasteiger charge is -2.33. The maximum atomic E-state index is 12.6. The number of rotatable bonds is 4. The Balaban J connectivity index is 1.47. The number of amides is 1. The number of anilines is 2. The van der Waals surface area contributed by atoms with Crippen LogP contribution in [0.15, 0.2) is 58.3 Å². The van der Waals surface area contributed by atoms with Crippen molar-refractivity contribution in [2.45, 2.75) is 54.9 Å². The molecule has 4 heteroatoms. The van der Waals surface area contributed by atoms with Crippen LogP contribution in [0.5, 0.6) is 0 Å². The van der Waals surface area contributed by atoms with Crippen LogP contribution in [0.4, 0.5) is 11.4 Å². The van der Waals surface area contributed by atoms with Crippen LogP contribution in [0, 0.1) is 5.92 Å². The summed E-state index contributed by atoms with van der Waals surface area (Å²) in [5.74, 6) is 0.775. The highest BCUT2D eigenvalue weighted by Gasteiger charge is 2.25. The average molecular weight is 367 g/mol. The van der Waals surface area contributed by atoms with Crippen LogP contribution in [-0.2, 0) is 4.79 Å². The highest BCUT2D eigenvalue weighted by atomic mass is 32.2. The molecular weight excluding hydrogens is 340 g/mol. The molecule has 1 amide bonds. The van der Waals surface area contributed by atoms with Crippen LogP contribution in [-0.4, -0.2) is 18.5 Å². The van der Waals surface area contributed by atoms with Gasteiger partial charge in [-0.3, -0.25) is 4.79 Å². The lowest BCUT2D eigenvalue weighted by atomic mass is 9.86. The zero-order valence-electron chi connectivity index (χ0n) is 15.3. The molecular formula is C22H26N2OS. The average Bonchev–Trinajstić information content (AvgIpc) is 2.67. The molecule has 2 aromatic carbocycles. The van der Waals surface area contributed by atoms with Crippen LogP contribution in [0.1, 0.15) is 39.0 Å². The summed E-state index contributed by atoms with van der Waals surface area (Å²) in [5.41, 5.74) is 2.41. The zero-order chi connectivity index (χ0) is 17.9. The monoisotopic (exact) mass is 366 g/mol. The second-order valence-corrected chi connectivity index (χ2v) is 8.46. The van der Waals surface area contributed by atoms with Crippen LogP contribution in [0.2, 0.25) is 0 Å². The quantitative estimate of drug-likeness (QED) is 0.789. The fourth-order valence-corrected chi connectivity index (χ4v) is 5.14. The number of benzene rings is 2. The number of para-hydroxylation sites is 2. The molecule has 1 N–H and O–H groups in total. The fraction of sp³-hybridized carbons (Fsp3) is 0.409. The van der Waals surface area contributed by atoms with E-state index in [1.165, 1.54) is 40.4 Å². The molecule has 4 rings (SSSR count). The molecule has 0 saturated heterocycles. The number of hydrogen-bond donors (Lipinski definition) is 1. The van der Waals surface area contributed by atoms with Gasteiger partial charge in [0, 0.05) is 28.8 Å². The lowest BCUT2D eigenvalue weighted by molar-refractivity contribution is -0.122. The summed E-state index contributed by atoms with van der Waals surface area (Å²) in [7, 11) is 0. The molecule has 2 atom stereocenters. The number of carbonyl (C=O) groups is 1. The Morgan fingerprint density at radius 1 is 1.04 bits per heavy atom. The van der Waals surface area contributed by atoms with Gasteiger partial charge >= 0.3 is 0 Å². The van der Waals surface area contributed by atoms with Gasteiger partial charge in [-0.05, 0) is 43.0 Å². The number of nitrogens with zero attached hydrogens (tertiary/aromatic N) is 1. The highest BCUT2D eigenvalue weighted by molar-refractivity contribution is 7.99. The van der Waals surface area contributed by atoms with Gasteiger partial charge in [-0.1, -0.05) is 55.8 Å². The largest absolute Gasteiger partial charge is 0.353 e. The Morgan fingerprint density at radius 3 is 2.31 bits per heavy atom. The van der Waals surface area contributed by atoms with Crippen LogP contribution in [0.3, 0.4) is 0 Å². The second kappa shape index (κ2) is 7.75. The summed E-state index contributed by atoms with van der Waals surface area (Å²) in [6, 6.07) is 17.3. The van der Waals surface area contributed by atoms with Crippen molar-refractivity contribution in [3.05, 3.63) is 48.5 Å². The molecule has 3 nitrogen and oxygen atoms in total. The van der Waals surface area contributed by atoms with Gasteiger partial charge < -0.3 is 10.2 Å². The summed E-state index contributed by atoms with van der Waals surface area (Å²) in [6.45, 7) is 2.97. The van der Waals surface area contributed by atoms with Crippen molar-refractivity contribution in [3.63, 3.8) is 0 Å². The molecule has 1 fully saturated rings. The molecule has 1 aliphatic heterocycles. The SMILES string of the molecule is CC1CCCCC1NC(=O)CCN1c2ccccc2Sc2ccccc21. The number of hydrogen-bond acceptors (Lipinski definition) is 3.